The second kappa shape index (κ2) is 6.22. The Morgan fingerprint density at radius 2 is 2.10 bits per heavy atom. The molecule has 0 spiro atoms. The van der Waals surface area contributed by atoms with Crippen LogP contribution < -0.4 is 10.6 Å². The maximum Gasteiger partial charge on any atom is 0.271 e. The molecular weight excluding hydrogens is 298 g/mol. The van der Waals surface area contributed by atoms with Crippen molar-refractivity contribution in [1.82, 2.24) is 5.32 Å². The van der Waals surface area contributed by atoms with Crippen LogP contribution in [0, 0.1) is 10.1 Å². The van der Waals surface area contributed by atoms with Gasteiger partial charge in [0, 0.05) is 17.8 Å². The summed E-state index contributed by atoms with van der Waals surface area (Å²) >= 11 is 6.28. The van der Waals surface area contributed by atoms with Gasteiger partial charge in [-0.05, 0) is 29.7 Å². The van der Waals surface area contributed by atoms with E-state index in [9.17, 15) is 14.9 Å². The van der Waals surface area contributed by atoms with Crippen LogP contribution in [0.15, 0.2) is 41.8 Å². The number of thiocarbonyl (C=S) groups is 1. The van der Waals surface area contributed by atoms with Crippen molar-refractivity contribution in [2.75, 3.05) is 5.32 Å². The van der Waals surface area contributed by atoms with Gasteiger partial charge in [0.1, 0.15) is 0 Å². The molecule has 1 amide bonds. The summed E-state index contributed by atoms with van der Waals surface area (Å²) in [7, 11) is 0. The first-order valence-electron chi connectivity index (χ1n) is 5.46. The van der Waals surface area contributed by atoms with Crippen molar-refractivity contribution in [2.45, 2.75) is 0 Å². The molecule has 0 fully saturated rings. The van der Waals surface area contributed by atoms with Crippen molar-refractivity contribution in [1.29, 1.82) is 0 Å². The molecule has 1 aromatic carbocycles. The predicted octanol–water partition coefficient (Wildman–Crippen LogP) is 2.78. The minimum absolute atomic E-state index is 0.0533. The number of nitro groups is 1. The van der Waals surface area contributed by atoms with Crippen LogP contribution in [0.5, 0.6) is 0 Å². The summed E-state index contributed by atoms with van der Waals surface area (Å²) in [4.78, 5) is 22.4. The highest BCUT2D eigenvalue weighted by molar-refractivity contribution is 7.80. The predicted molar refractivity (Wildman–Crippen MR) is 81.1 cm³/mol. The topological polar surface area (TPSA) is 84.3 Å². The molecule has 102 valence electrons. The van der Waals surface area contributed by atoms with E-state index in [1.807, 2.05) is 0 Å². The van der Waals surface area contributed by atoms with Gasteiger partial charge in [0.2, 0.25) is 0 Å². The number of amides is 1. The summed E-state index contributed by atoms with van der Waals surface area (Å²) in [5.41, 5.74) is 0.387. The summed E-state index contributed by atoms with van der Waals surface area (Å²) in [6.45, 7) is 0. The van der Waals surface area contributed by atoms with Gasteiger partial charge in [0.05, 0.1) is 9.80 Å². The molecule has 0 radical (unpaired) electrons. The molecule has 2 N–H and O–H groups in total. The average Bonchev–Trinajstić information content (AvgIpc) is 2.92. The molecular formula is C12H9N3O3S2. The lowest BCUT2D eigenvalue weighted by Crippen LogP contribution is -2.33. The van der Waals surface area contributed by atoms with Crippen LogP contribution in [-0.4, -0.2) is 15.9 Å². The maximum atomic E-state index is 11.7. The van der Waals surface area contributed by atoms with Crippen LogP contribution in [0.2, 0.25) is 0 Å². The summed E-state index contributed by atoms with van der Waals surface area (Å²) in [5.74, 6) is -0.317. The third-order valence-corrected chi connectivity index (χ3v) is 3.36. The molecule has 20 heavy (non-hydrogen) atoms. The van der Waals surface area contributed by atoms with Crippen LogP contribution in [0.25, 0.3) is 0 Å². The van der Waals surface area contributed by atoms with Gasteiger partial charge in [-0.2, -0.15) is 0 Å². The summed E-state index contributed by atoms with van der Waals surface area (Å²) in [6, 6.07) is 9.30. The molecule has 2 rings (SSSR count). The fraction of sp³-hybridized carbons (Fsp3) is 0. The Morgan fingerprint density at radius 3 is 2.75 bits per heavy atom. The molecule has 0 saturated carbocycles. The molecule has 0 bridgehead atoms. The van der Waals surface area contributed by atoms with Gasteiger partial charge >= 0.3 is 0 Å². The van der Waals surface area contributed by atoms with E-state index in [0.29, 0.717) is 10.6 Å². The minimum atomic E-state index is -0.502. The van der Waals surface area contributed by atoms with Gasteiger partial charge in [-0.25, -0.2) is 0 Å². The van der Waals surface area contributed by atoms with Gasteiger partial charge in [-0.15, -0.1) is 11.3 Å². The lowest BCUT2D eigenvalue weighted by atomic mass is 10.3. The van der Waals surface area contributed by atoms with Gasteiger partial charge in [0.15, 0.2) is 5.11 Å². The smallest absolute Gasteiger partial charge is 0.271 e. The first-order chi connectivity index (χ1) is 9.56. The van der Waals surface area contributed by atoms with Crippen molar-refractivity contribution in [3.05, 3.63) is 56.8 Å². The Bertz CT molecular complexity index is 656. The number of carbonyl (C=O) groups is 1. The second-order valence-electron chi connectivity index (χ2n) is 3.69. The molecule has 0 unspecified atom stereocenters. The van der Waals surface area contributed by atoms with Crippen molar-refractivity contribution in [2.24, 2.45) is 0 Å². The molecule has 2 aromatic rings. The normalized spacial score (nSPS) is 9.80. The van der Waals surface area contributed by atoms with Crippen LogP contribution in [-0.2, 0) is 0 Å². The molecule has 1 aromatic heterocycles. The number of non-ortho nitro benzene ring substituents is 1. The highest BCUT2D eigenvalue weighted by atomic mass is 32.1. The SMILES string of the molecule is O=C(NC(=S)Nc1cccc([N+](=O)[O-])c1)c1cccs1. The summed E-state index contributed by atoms with van der Waals surface area (Å²) in [5, 5.41) is 17.8. The van der Waals surface area contributed by atoms with Crippen LogP contribution in [0.4, 0.5) is 11.4 Å². The van der Waals surface area contributed by atoms with Crippen LogP contribution >= 0.6 is 23.6 Å². The highest BCUT2D eigenvalue weighted by Gasteiger charge is 2.10. The van der Waals surface area contributed by atoms with E-state index in [-0.39, 0.29) is 16.7 Å². The van der Waals surface area contributed by atoms with E-state index in [1.54, 1.807) is 23.6 Å². The zero-order valence-corrected chi connectivity index (χ0v) is 11.7. The number of benzene rings is 1. The average molecular weight is 307 g/mol. The third-order valence-electron chi connectivity index (χ3n) is 2.29. The number of nitrogens with one attached hydrogen (secondary N) is 2. The Balaban J connectivity index is 1.99. The van der Waals surface area contributed by atoms with E-state index >= 15 is 0 Å². The van der Waals surface area contributed by atoms with Gasteiger partial charge in [-0.1, -0.05) is 12.1 Å². The van der Waals surface area contributed by atoms with E-state index in [2.05, 4.69) is 10.6 Å². The number of nitrogens with zero attached hydrogens (tertiary/aromatic N) is 1. The molecule has 6 nitrogen and oxygen atoms in total. The zero-order valence-electron chi connectivity index (χ0n) is 10.0. The van der Waals surface area contributed by atoms with E-state index in [0.717, 1.165) is 0 Å². The number of carbonyl (C=O) groups excluding carboxylic acids is 1. The number of hydrogen-bond acceptors (Lipinski definition) is 5. The monoisotopic (exact) mass is 307 g/mol. The maximum absolute atomic E-state index is 11.7. The largest absolute Gasteiger partial charge is 0.332 e. The quantitative estimate of drug-likeness (QED) is 0.517. The number of hydrogen-bond donors (Lipinski definition) is 2. The molecule has 8 heteroatoms. The number of rotatable bonds is 3. The van der Waals surface area contributed by atoms with Crippen molar-refractivity contribution < 1.29 is 9.72 Å². The standard InChI is InChI=1S/C12H9N3O3S2/c16-11(10-5-2-6-20-10)14-12(19)13-8-3-1-4-9(7-8)15(17)18/h1-7H,(H2,13,14,16,19). The molecule has 0 aliphatic carbocycles. The van der Waals surface area contributed by atoms with Crippen LogP contribution in [0.3, 0.4) is 0 Å². The molecule has 0 aliphatic rings. The molecule has 1 heterocycles. The number of thiophene rings is 1. The Hall–Kier alpha value is -2.32. The first kappa shape index (κ1) is 14.1. The second-order valence-corrected chi connectivity index (χ2v) is 5.05. The summed E-state index contributed by atoms with van der Waals surface area (Å²) < 4.78 is 0. The molecule has 0 saturated heterocycles. The van der Waals surface area contributed by atoms with Crippen molar-refractivity contribution in [3.8, 4) is 0 Å². The van der Waals surface area contributed by atoms with Crippen molar-refractivity contribution in [3.63, 3.8) is 0 Å². The number of anilines is 1. The lowest BCUT2D eigenvalue weighted by molar-refractivity contribution is -0.384. The van der Waals surface area contributed by atoms with E-state index < -0.39 is 4.92 Å². The van der Waals surface area contributed by atoms with Crippen molar-refractivity contribution >= 4 is 45.9 Å². The Labute approximate surface area is 123 Å². The Morgan fingerprint density at radius 1 is 1.30 bits per heavy atom. The minimum Gasteiger partial charge on any atom is -0.332 e. The van der Waals surface area contributed by atoms with E-state index in [4.69, 9.17) is 12.2 Å². The molecule has 0 aliphatic heterocycles. The van der Waals surface area contributed by atoms with Gasteiger partial charge in [-0.3, -0.25) is 20.2 Å². The Kier molecular flexibility index (Phi) is 4.38. The number of nitro benzene ring substituents is 1. The summed E-state index contributed by atoms with van der Waals surface area (Å²) in [6.07, 6.45) is 0. The fourth-order valence-corrected chi connectivity index (χ4v) is 2.26. The van der Waals surface area contributed by atoms with Crippen LogP contribution in [0.1, 0.15) is 9.67 Å². The third kappa shape index (κ3) is 3.59. The van der Waals surface area contributed by atoms with Gasteiger partial charge < -0.3 is 5.32 Å². The van der Waals surface area contributed by atoms with E-state index in [1.165, 1.54) is 29.5 Å². The molecule has 0 atom stereocenters. The first-order valence-corrected chi connectivity index (χ1v) is 6.75. The van der Waals surface area contributed by atoms with Gasteiger partial charge in [0.25, 0.3) is 11.6 Å². The highest BCUT2D eigenvalue weighted by Crippen LogP contribution is 2.17. The lowest BCUT2D eigenvalue weighted by Gasteiger charge is -2.08. The zero-order chi connectivity index (χ0) is 14.5. The fourth-order valence-electron chi connectivity index (χ4n) is 1.43.